The molecule has 5 heteroatoms. The van der Waals surface area contributed by atoms with Crippen molar-refractivity contribution in [3.63, 3.8) is 0 Å². The van der Waals surface area contributed by atoms with Crippen molar-refractivity contribution < 1.29 is 31.3 Å². The Morgan fingerprint density at radius 3 is 2.17 bits per heavy atom. The topological polar surface area (TPSA) is 65.7 Å². The van der Waals surface area contributed by atoms with Crippen molar-refractivity contribution in [1.82, 2.24) is 4.98 Å². The monoisotopic (exact) mass is 653 g/mol. The molecule has 4 aromatic carbocycles. The molecule has 1 aromatic heterocycles. The predicted molar refractivity (Wildman–Crippen MR) is 144 cm³/mol. The summed E-state index contributed by atoms with van der Waals surface area (Å²) in [5, 5.41) is 22.8. The summed E-state index contributed by atoms with van der Waals surface area (Å²) in [5.74, 6) is 0.378. The molecule has 0 spiro atoms. The predicted octanol–water partition coefficient (Wildman–Crippen LogP) is 7.65. The fraction of sp³-hybridized carbons (Fsp3) is 0.0968. The van der Waals surface area contributed by atoms with Crippen LogP contribution in [0.2, 0.25) is 0 Å². The van der Waals surface area contributed by atoms with Crippen LogP contribution in [0.4, 0.5) is 5.69 Å². The third-order valence-corrected chi connectivity index (χ3v) is 6.21. The van der Waals surface area contributed by atoms with Gasteiger partial charge >= 0.3 is 0 Å². The van der Waals surface area contributed by atoms with E-state index in [0.29, 0.717) is 28.0 Å². The van der Waals surface area contributed by atoms with E-state index in [2.05, 4.69) is 37.9 Å². The van der Waals surface area contributed by atoms with Crippen LogP contribution in [-0.4, -0.2) is 21.4 Å². The minimum atomic E-state index is 0. The van der Waals surface area contributed by atoms with E-state index in [0.717, 1.165) is 16.5 Å². The first-order valence-corrected chi connectivity index (χ1v) is 11.5. The molecule has 0 saturated carbocycles. The molecule has 4 nitrogen and oxygen atoms in total. The zero-order valence-corrected chi connectivity index (χ0v) is 22.5. The Hall–Kier alpha value is -3.75. The van der Waals surface area contributed by atoms with Crippen LogP contribution in [-0.2, 0) is 21.1 Å². The van der Waals surface area contributed by atoms with Crippen LogP contribution in [0.5, 0.6) is 11.5 Å². The van der Waals surface area contributed by atoms with Gasteiger partial charge in [0.2, 0.25) is 0 Å². The number of hydrogen-bond donors (Lipinski definition) is 2. The fourth-order valence-corrected chi connectivity index (χ4v) is 4.76. The van der Waals surface area contributed by atoms with Crippen LogP contribution in [0.3, 0.4) is 0 Å². The van der Waals surface area contributed by atoms with Crippen molar-refractivity contribution in [2.45, 2.75) is 20.8 Å². The molecule has 36 heavy (non-hydrogen) atoms. The molecule has 5 aromatic rings. The maximum absolute atomic E-state index is 10.9. The normalized spacial score (nSPS) is 11.1. The summed E-state index contributed by atoms with van der Waals surface area (Å²) in [6.07, 6.45) is 1.68. The van der Waals surface area contributed by atoms with Gasteiger partial charge < -0.3 is 10.2 Å². The van der Waals surface area contributed by atoms with E-state index in [1.54, 1.807) is 18.3 Å². The average Bonchev–Trinajstić information content (AvgIpc) is 2.82. The molecule has 0 unspecified atom stereocenters. The van der Waals surface area contributed by atoms with Gasteiger partial charge in [-0.05, 0) is 84.8 Å². The standard InChI is InChI=1S/C31H26N2O2.Pt/c1-19-15-20(2)30(21(3)16-19)23-13-14-25(29(35)17-23)26-10-6-9-24(33-26)18-32-27-11-4-7-22-8-5-12-28(34)31(22)27;/h4-18,34-35H,1-3H3;. The molecule has 0 fully saturated rings. The Bertz CT molecular complexity index is 1580. The minimum absolute atomic E-state index is 0. The molecular formula is C31H26N2O2Pt. The summed E-state index contributed by atoms with van der Waals surface area (Å²) < 4.78 is 0. The van der Waals surface area contributed by atoms with Crippen LogP contribution in [0.1, 0.15) is 22.4 Å². The number of phenols is 2. The second-order valence-electron chi connectivity index (χ2n) is 8.86. The maximum Gasteiger partial charge on any atom is 0.125 e. The third kappa shape index (κ3) is 4.96. The van der Waals surface area contributed by atoms with Gasteiger partial charge in [0.25, 0.3) is 0 Å². The minimum Gasteiger partial charge on any atom is -0.507 e. The summed E-state index contributed by atoms with van der Waals surface area (Å²) >= 11 is 0. The van der Waals surface area contributed by atoms with Crippen LogP contribution in [0, 0.1) is 20.8 Å². The quantitative estimate of drug-likeness (QED) is 0.196. The average molecular weight is 654 g/mol. The number of phenolic OH excluding ortho intramolecular Hbond substituents is 2. The van der Waals surface area contributed by atoms with Gasteiger partial charge in [0.15, 0.2) is 0 Å². The van der Waals surface area contributed by atoms with E-state index in [9.17, 15) is 10.2 Å². The van der Waals surface area contributed by atoms with E-state index in [-0.39, 0.29) is 32.6 Å². The van der Waals surface area contributed by atoms with Gasteiger partial charge in [-0.3, -0.25) is 4.99 Å². The number of nitrogens with zero attached hydrogens (tertiary/aromatic N) is 2. The van der Waals surface area contributed by atoms with Crippen molar-refractivity contribution >= 4 is 22.7 Å². The van der Waals surface area contributed by atoms with Crippen LogP contribution < -0.4 is 0 Å². The summed E-state index contributed by atoms with van der Waals surface area (Å²) in [4.78, 5) is 9.29. The van der Waals surface area contributed by atoms with Gasteiger partial charge in [0.1, 0.15) is 11.5 Å². The summed E-state index contributed by atoms with van der Waals surface area (Å²) in [6, 6.07) is 26.8. The molecule has 0 aliphatic heterocycles. The van der Waals surface area contributed by atoms with Crippen molar-refractivity contribution in [2.75, 3.05) is 0 Å². The summed E-state index contributed by atoms with van der Waals surface area (Å²) in [6.45, 7) is 6.29. The van der Waals surface area contributed by atoms with Crippen LogP contribution >= 0.6 is 0 Å². The molecule has 0 radical (unpaired) electrons. The van der Waals surface area contributed by atoms with Gasteiger partial charge in [-0.25, -0.2) is 4.98 Å². The fourth-order valence-electron chi connectivity index (χ4n) is 4.76. The van der Waals surface area contributed by atoms with Crippen molar-refractivity contribution in [3.05, 3.63) is 107 Å². The van der Waals surface area contributed by atoms with Gasteiger partial charge in [-0.15, -0.1) is 0 Å². The smallest absolute Gasteiger partial charge is 0.125 e. The first-order valence-electron chi connectivity index (χ1n) is 11.5. The zero-order chi connectivity index (χ0) is 24.5. The Labute approximate surface area is 225 Å². The second kappa shape index (κ2) is 10.5. The number of aromatic nitrogens is 1. The Morgan fingerprint density at radius 1 is 0.750 bits per heavy atom. The van der Waals surface area contributed by atoms with E-state index in [4.69, 9.17) is 4.98 Å². The third-order valence-electron chi connectivity index (χ3n) is 6.21. The number of benzene rings is 4. The van der Waals surface area contributed by atoms with Crippen LogP contribution in [0.15, 0.2) is 89.9 Å². The van der Waals surface area contributed by atoms with E-state index < -0.39 is 0 Å². The molecule has 0 atom stereocenters. The Balaban J connectivity index is 0.00000304. The molecule has 0 amide bonds. The molecule has 5 rings (SSSR count). The molecule has 0 aliphatic carbocycles. The number of fused-ring (bicyclic) bond motifs is 1. The molecule has 0 bridgehead atoms. The van der Waals surface area contributed by atoms with E-state index >= 15 is 0 Å². The van der Waals surface area contributed by atoms with Gasteiger partial charge in [0, 0.05) is 32.0 Å². The van der Waals surface area contributed by atoms with Crippen molar-refractivity contribution in [2.24, 2.45) is 4.99 Å². The van der Waals surface area contributed by atoms with Crippen LogP contribution in [0.25, 0.3) is 33.2 Å². The van der Waals surface area contributed by atoms with Crippen molar-refractivity contribution in [1.29, 1.82) is 0 Å². The molecule has 0 aliphatic rings. The molecule has 2 N–H and O–H groups in total. The summed E-state index contributed by atoms with van der Waals surface area (Å²) in [5.41, 5.74) is 8.37. The van der Waals surface area contributed by atoms with E-state index in [1.165, 1.54) is 16.7 Å². The maximum atomic E-state index is 10.9. The molecule has 182 valence electrons. The van der Waals surface area contributed by atoms with E-state index in [1.807, 2.05) is 60.7 Å². The Kier molecular flexibility index (Phi) is 7.37. The number of rotatable bonds is 4. The van der Waals surface area contributed by atoms with Gasteiger partial charge in [0.05, 0.1) is 23.3 Å². The molecular weight excluding hydrogens is 627 g/mol. The second-order valence-corrected chi connectivity index (χ2v) is 8.86. The Morgan fingerprint density at radius 2 is 1.44 bits per heavy atom. The number of aliphatic imine (C=N–C) groups is 1. The van der Waals surface area contributed by atoms with Gasteiger partial charge in [-0.1, -0.05) is 54.1 Å². The largest absolute Gasteiger partial charge is 0.507 e. The van der Waals surface area contributed by atoms with Crippen molar-refractivity contribution in [3.8, 4) is 33.9 Å². The van der Waals surface area contributed by atoms with Gasteiger partial charge in [-0.2, -0.15) is 0 Å². The molecule has 0 saturated heterocycles. The first kappa shape index (κ1) is 25.3. The molecule has 1 heterocycles. The first-order chi connectivity index (χ1) is 16.9. The SMILES string of the molecule is Cc1cc(C)c(-c2ccc(-c3cccc(C=Nc4cccc5cccc(O)c45)n3)c(O)c2)c(C)c1.[Pt]. The summed E-state index contributed by atoms with van der Waals surface area (Å²) in [7, 11) is 0. The number of aryl methyl sites for hydroxylation is 3. The number of hydrogen-bond acceptors (Lipinski definition) is 4. The number of pyridine rings is 1. The number of aromatic hydroxyl groups is 2. The zero-order valence-electron chi connectivity index (χ0n) is 20.3.